The molecule has 0 atom stereocenters. The average Bonchev–Trinajstić information content (AvgIpc) is 3.33. The molecule has 0 saturated heterocycles. The summed E-state index contributed by atoms with van der Waals surface area (Å²) in [6.45, 7) is 2.14. The fourth-order valence-electron chi connectivity index (χ4n) is 3.72. The topological polar surface area (TPSA) is 43.6 Å². The maximum atomic E-state index is 11.1. The van der Waals surface area contributed by atoms with Gasteiger partial charge in [0.1, 0.15) is 17.1 Å². The molecule has 0 amide bonds. The van der Waals surface area contributed by atoms with Gasteiger partial charge in [0.05, 0.1) is 7.11 Å². The first kappa shape index (κ1) is 17.6. The molecule has 29 heavy (non-hydrogen) atoms. The number of aryl methyl sites for hydroxylation is 1. The third-order valence-electron chi connectivity index (χ3n) is 5.18. The molecule has 0 aliphatic carbocycles. The summed E-state index contributed by atoms with van der Waals surface area (Å²) in [6, 6.07) is 18.8. The predicted octanol–water partition coefficient (Wildman–Crippen LogP) is 6.01. The number of rotatable bonds is 4. The van der Waals surface area contributed by atoms with Crippen LogP contribution in [0.3, 0.4) is 0 Å². The lowest BCUT2D eigenvalue weighted by molar-refractivity contribution is 0.111. The van der Waals surface area contributed by atoms with Crippen LogP contribution >= 0.6 is 11.3 Å². The summed E-state index contributed by atoms with van der Waals surface area (Å²) in [5, 5.41) is 1.18. The van der Waals surface area contributed by atoms with Gasteiger partial charge >= 0.3 is 0 Å². The number of hydrogen-bond donors (Lipinski definition) is 0. The highest BCUT2D eigenvalue weighted by Crippen LogP contribution is 2.46. The van der Waals surface area contributed by atoms with Crippen molar-refractivity contribution in [1.29, 1.82) is 0 Å². The fraction of sp³-hybridized carbons (Fsp3) is 0.0833. The third kappa shape index (κ3) is 2.91. The Kier molecular flexibility index (Phi) is 4.18. The minimum absolute atomic E-state index is 0.432. The average molecular weight is 398 g/mol. The number of thiophene rings is 1. The van der Waals surface area contributed by atoms with E-state index in [9.17, 15) is 4.79 Å². The molecule has 0 unspecified atom stereocenters. The van der Waals surface area contributed by atoms with Crippen LogP contribution in [-0.4, -0.2) is 22.8 Å². The Hall–Kier alpha value is -3.44. The minimum Gasteiger partial charge on any atom is -0.497 e. The van der Waals surface area contributed by atoms with E-state index in [1.54, 1.807) is 24.6 Å². The molecule has 0 N–H and O–H groups in total. The molecule has 5 rings (SSSR count). The van der Waals surface area contributed by atoms with Crippen molar-refractivity contribution in [3.8, 4) is 27.3 Å². The van der Waals surface area contributed by atoms with Gasteiger partial charge in [0.2, 0.25) is 0 Å². The van der Waals surface area contributed by atoms with Gasteiger partial charge in [-0.1, -0.05) is 24.3 Å². The molecular weight excluding hydrogens is 380 g/mol. The molecule has 0 radical (unpaired) electrons. The van der Waals surface area contributed by atoms with Crippen LogP contribution in [0, 0.1) is 6.92 Å². The number of aldehydes is 1. The van der Waals surface area contributed by atoms with E-state index in [1.807, 2.05) is 22.7 Å². The summed E-state index contributed by atoms with van der Waals surface area (Å²) in [6.07, 6.45) is 4.47. The standard InChI is InChI=1S/C24H18N2O2S/c1-15-5-3-4-6-19(15)24-23(20-8-7-18(28-2)12-21(20)29-24)16-9-10-26-13-17(14-27)25-22(26)11-16/h3-14H,1-2H3. The van der Waals surface area contributed by atoms with E-state index in [4.69, 9.17) is 4.74 Å². The van der Waals surface area contributed by atoms with Gasteiger partial charge in [-0.25, -0.2) is 4.98 Å². The van der Waals surface area contributed by atoms with Gasteiger partial charge < -0.3 is 9.14 Å². The summed E-state index contributed by atoms with van der Waals surface area (Å²) in [7, 11) is 1.69. The van der Waals surface area contributed by atoms with Crippen molar-refractivity contribution < 1.29 is 9.53 Å². The van der Waals surface area contributed by atoms with Gasteiger partial charge in [0.25, 0.3) is 0 Å². The van der Waals surface area contributed by atoms with Crippen LogP contribution in [0.5, 0.6) is 5.75 Å². The van der Waals surface area contributed by atoms with Crippen LogP contribution in [0.2, 0.25) is 0 Å². The number of benzene rings is 2. The van der Waals surface area contributed by atoms with E-state index < -0.39 is 0 Å². The Bertz CT molecular complexity index is 1380. The van der Waals surface area contributed by atoms with Gasteiger partial charge in [-0.3, -0.25) is 4.79 Å². The van der Waals surface area contributed by atoms with E-state index in [0.717, 1.165) is 23.2 Å². The number of aromatic nitrogens is 2. The predicted molar refractivity (Wildman–Crippen MR) is 118 cm³/mol. The van der Waals surface area contributed by atoms with Gasteiger partial charge in [0, 0.05) is 32.9 Å². The Balaban J connectivity index is 1.82. The van der Waals surface area contributed by atoms with Crippen LogP contribution in [0.25, 0.3) is 37.3 Å². The number of carbonyl (C=O) groups excluding carboxylic acids is 1. The number of methoxy groups -OCH3 is 1. The highest BCUT2D eigenvalue weighted by molar-refractivity contribution is 7.23. The van der Waals surface area contributed by atoms with E-state index in [1.165, 1.54) is 31.7 Å². The zero-order valence-electron chi connectivity index (χ0n) is 16.0. The second-order valence-corrected chi connectivity index (χ2v) is 8.00. The second-order valence-electron chi connectivity index (χ2n) is 6.95. The molecule has 0 spiro atoms. The molecule has 0 saturated carbocycles. The van der Waals surface area contributed by atoms with Gasteiger partial charge in [-0.05, 0) is 53.9 Å². The van der Waals surface area contributed by atoms with Crippen molar-refractivity contribution in [2.75, 3.05) is 7.11 Å². The summed E-state index contributed by atoms with van der Waals surface area (Å²) in [4.78, 5) is 16.7. The van der Waals surface area contributed by atoms with Gasteiger partial charge in [0.15, 0.2) is 6.29 Å². The Morgan fingerprint density at radius 2 is 1.97 bits per heavy atom. The molecule has 3 heterocycles. The number of carbonyl (C=O) groups is 1. The molecule has 0 aliphatic heterocycles. The molecular formula is C24H18N2O2S. The summed E-state index contributed by atoms with van der Waals surface area (Å²) >= 11 is 1.77. The first-order valence-electron chi connectivity index (χ1n) is 9.29. The van der Waals surface area contributed by atoms with Crippen molar-refractivity contribution in [2.45, 2.75) is 6.92 Å². The highest BCUT2D eigenvalue weighted by atomic mass is 32.1. The molecule has 0 aliphatic rings. The second kappa shape index (κ2) is 6.87. The van der Waals surface area contributed by atoms with Gasteiger partial charge in [-0.2, -0.15) is 0 Å². The maximum Gasteiger partial charge on any atom is 0.170 e. The van der Waals surface area contributed by atoms with Gasteiger partial charge in [-0.15, -0.1) is 11.3 Å². The number of nitrogens with zero attached hydrogens (tertiary/aromatic N) is 2. The van der Waals surface area contributed by atoms with Crippen LogP contribution in [-0.2, 0) is 0 Å². The van der Waals surface area contributed by atoms with E-state index >= 15 is 0 Å². The zero-order valence-corrected chi connectivity index (χ0v) is 16.9. The summed E-state index contributed by atoms with van der Waals surface area (Å²) < 4.78 is 8.49. The number of hydrogen-bond acceptors (Lipinski definition) is 4. The molecule has 5 heteroatoms. The van der Waals surface area contributed by atoms with Crippen molar-refractivity contribution in [3.63, 3.8) is 0 Å². The molecule has 3 aromatic heterocycles. The highest BCUT2D eigenvalue weighted by Gasteiger charge is 2.18. The normalized spacial score (nSPS) is 11.2. The Labute approximate surface area is 172 Å². The molecule has 0 fully saturated rings. The van der Waals surface area contributed by atoms with Crippen molar-refractivity contribution in [3.05, 3.63) is 78.2 Å². The number of pyridine rings is 1. The largest absolute Gasteiger partial charge is 0.497 e. The smallest absolute Gasteiger partial charge is 0.170 e. The van der Waals surface area contributed by atoms with Crippen LogP contribution in [0.1, 0.15) is 16.1 Å². The molecule has 142 valence electrons. The van der Waals surface area contributed by atoms with Crippen LogP contribution in [0.15, 0.2) is 67.0 Å². The van der Waals surface area contributed by atoms with E-state index in [-0.39, 0.29) is 0 Å². The van der Waals surface area contributed by atoms with E-state index in [0.29, 0.717) is 5.69 Å². The monoisotopic (exact) mass is 398 g/mol. The number of ether oxygens (including phenoxy) is 1. The summed E-state index contributed by atoms with van der Waals surface area (Å²) in [5.41, 5.74) is 5.90. The lowest BCUT2D eigenvalue weighted by Gasteiger charge is -2.09. The van der Waals surface area contributed by atoms with E-state index in [2.05, 4.69) is 54.4 Å². The SMILES string of the molecule is COc1ccc2c(-c3ccn4cc(C=O)nc4c3)c(-c3ccccc3C)sc2c1. The third-order valence-corrected chi connectivity index (χ3v) is 6.36. The van der Waals surface area contributed by atoms with Crippen molar-refractivity contribution in [2.24, 2.45) is 0 Å². The Morgan fingerprint density at radius 3 is 2.76 bits per heavy atom. The Morgan fingerprint density at radius 1 is 1.10 bits per heavy atom. The first-order chi connectivity index (χ1) is 14.2. The maximum absolute atomic E-state index is 11.1. The minimum atomic E-state index is 0.432. The number of fused-ring (bicyclic) bond motifs is 2. The number of imidazole rings is 1. The van der Waals surface area contributed by atoms with Crippen molar-refractivity contribution >= 4 is 33.4 Å². The molecule has 4 nitrogen and oxygen atoms in total. The van der Waals surface area contributed by atoms with Crippen LogP contribution in [0.4, 0.5) is 0 Å². The quantitative estimate of drug-likeness (QED) is 0.348. The summed E-state index contributed by atoms with van der Waals surface area (Å²) in [5.74, 6) is 0.848. The van der Waals surface area contributed by atoms with Crippen LogP contribution < -0.4 is 4.74 Å². The molecule has 0 bridgehead atoms. The molecule has 5 aromatic rings. The first-order valence-corrected chi connectivity index (χ1v) is 10.1. The lowest BCUT2D eigenvalue weighted by Crippen LogP contribution is -1.87. The molecule has 2 aromatic carbocycles. The van der Waals surface area contributed by atoms with Crippen molar-refractivity contribution in [1.82, 2.24) is 9.38 Å². The lowest BCUT2D eigenvalue weighted by atomic mass is 9.97. The fourth-order valence-corrected chi connectivity index (χ4v) is 5.07. The zero-order chi connectivity index (χ0) is 20.0.